The van der Waals surface area contributed by atoms with Gasteiger partial charge in [-0.25, -0.2) is 0 Å². The van der Waals surface area contributed by atoms with Crippen LogP contribution in [-0.4, -0.2) is 32.4 Å². The van der Waals surface area contributed by atoms with Crippen LogP contribution < -0.4 is 11.1 Å². The zero-order valence-electron chi connectivity index (χ0n) is 8.88. The van der Waals surface area contributed by atoms with Gasteiger partial charge in [0.15, 0.2) is 0 Å². The van der Waals surface area contributed by atoms with Gasteiger partial charge >= 0.3 is 0 Å². The van der Waals surface area contributed by atoms with E-state index in [1.807, 2.05) is 18.5 Å². The van der Waals surface area contributed by atoms with E-state index in [4.69, 9.17) is 10.9 Å². The van der Waals surface area contributed by atoms with E-state index in [1.54, 1.807) is 6.33 Å². The monoisotopic (exact) mass is 212 g/mol. The molecular weight excluding hydrogens is 196 g/mol. The molecule has 1 unspecified atom stereocenters. The molecule has 0 aliphatic heterocycles. The van der Waals surface area contributed by atoms with Crippen molar-refractivity contribution in [3.8, 4) is 0 Å². The highest BCUT2D eigenvalue weighted by atomic mass is 16.4. The van der Waals surface area contributed by atoms with Crippen molar-refractivity contribution in [3.63, 3.8) is 0 Å². The number of amidine groups is 1. The summed E-state index contributed by atoms with van der Waals surface area (Å²) in [5.74, 6) is 1.06. The molecule has 0 aromatic carbocycles. The standard InChI is InChI=1S/C8H16N6O/c1-6(8(9)13-15)3-10-4-7-12-11-5-14(7)2/h5-6,10,15H,3-4H2,1-2H3,(H2,9,13). The number of oxime groups is 1. The third-order valence-electron chi connectivity index (χ3n) is 2.16. The lowest BCUT2D eigenvalue weighted by Crippen LogP contribution is -2.31. The SMILES string of the molecule is CC(CNCc1nncn1C)C(N)=NO. The summed E-state index contributed by atoms with van der Waals surface area (Å²) >= 11 is 0. The minimum atomic E-state index is -0.0109. The van der Waals surface area contributed by atoms with Crippen LogP contribution in [0.2, 0.25) is 0 Å². The molecule has 0 radical (unpaired) electrons. The molecule has 0 saturated heterocycles. The van der Waals surface area contributed by atoms with E-state index in [0.29, 0.717) is 13.1 Å². The van der Waals surface area contributed by atoms with Crippen LogP contribution in [0.25, 0.3) is 0 Å². The molecule has 0 fully saturated rings. The number of hydrogen-bond donors (Lipinski definition) is 3. The van der Waals surface area contributed by atoms with Gasteiger partial charge in [-0.1, -0.05) is 12.1 Å². The van der Waals surface area contributed by atoms with Crippen LogP contribution in [0.15, 0.2) is 11.5 Å². The van der Waals surface area contributed by atoms with Crippen molar-refractivity contribution in [2.24, 2.45) is 23.9 Å². The Hall–Kier alpha value is -1.63. The molecule has 1 rings (SSSR count). The zero-order chi connectivity index (χ0) is 11.3. The van der Waals surface area contributed by atoms with Gasteiger partial charge in [0, 0.05) is 19.5 Å². The fourth-order valence-corrected chi connectivity index (χ4v) is 1.07. The first-order valence-corrected chi connectivity index (χ1v) is 4.66. The molecular formula is C8H16N6O. The van der Waals surface area contributed by atoms with E-state index >= 15 is 0 Å². The maximum absolute atomic E-state index is 8.44. The highest BCUT2D eigenvalue weighted by Crippen LogP contribution is 1.94. The van der Waals surface area contributed by atoms with E-state index in [0.717, 1.165) is 5.82 Å². The van der Waals surface area contributed by atoms with Crippen LogP contribution >= 0.6 is 0 Å². The Bertz CT molecular complexity index is 334. The number of rotatable bonds is 5. The molecule has 0 bridgehead atoms. The van der Waals surface area contributed by atoms with Gasteiger partial charge in [0.1, 0.15) is 18.0 Å². The summed E-state index contributed by atoms with van der Waals surface area (Å²) in [6.07, 6.45) is 1.64. The first kappa shape index (κ1) is 11.4. The lowest BCUT2D eigenvalue weighted by Gasteiger charge is -2.10. The Morgan fingerprint density at radius 3 is 3.07 bits per heavy atom. The highest BCUT2D eigenvalue weighted by molar-refractivity contribution is 5.82. The normalized spacial score (nSPS) is 14.1. The Labute approximate surface area is 88.0 Å². The molecule has 0 saturated carbocycles. The van der Waals surface area contributed by atoms with E-state index in [2.05, 4.69) is 20.7 Å². The van der Waals surface area contributed by atoms with E-state index < -0.39 is 0 Å². The summed E-state index contributed by atoms with van der Waals surface area (Å²) < 4.78 is 1.83. The first-order valence-electron chi connectivity index (χ1n) is 4.66. The van der Waals surface area contributed by atoms with E-state index in [9.17, 15) is 0 Å². The van der Waals surface area contributed by atoms with Crippen LogP contribution in [0.5, 0.6) is 0 Å². The van der Waals surface area contributed by atoms with Crippen molar-refractivity contribution >= 4 is 5.84 Å². The number of nitrogens with one attached hydrogen (secondary N) is 1. The molecule has 0 aliphatic rings. The largest absolute Gasteiger partial charge is 0.409 e. The molecule has 1 atom stereocenters. The van der Waals surface area contributed by atoms with Gasteiger partial charge in [0.05, 0.1) is 6.54 Å². The number of aromatic nitrogens is 3. The smallest absolute Gasteiger partial charge is 0.146 e. The lowest BCUT2D eigenvalue weighted by atomic mass is 10.1. The third-order valence-corrected chi connectivity index (χ3v) is 2.16. The van der Waals surface area contributed by atoms with Gasteiger partial charge in [-0.05, 0) is 0 Å². The molecule has 7 heteroatoms. The number of aryl methyl sites for hydroxylation is 1. The number of hydrogen-bond acceptors (Lipinski definition) is 5. The zero-order valence-corrected chi connectivity index (χ0v) is 8.88. The minimum Gasteiger partial charge on any atom is -0.409 e. The first-order chi connectivity index (χ1) is 7.15. The van der Waals surface area contributed by atoms with Gasteiger partial charge in [-0.3, -0.25) is 0 Å². The molecule has 7 nitrogen and oxygen atoms in total. The molecule has 1 aromatic heterocycles. The number of nitrogens with zero attached hydrogens (tertiary/aromatic N) is 4. The van der Waals surface area contributed by atoms with Crippen molar-refractivity contribution in [3.05, 3.63) is 12.2 Å². The topological polar surface area (TPSA) is 101 Å². The van der Waals surface area contributed by atoms with Crippen molar-refractivity contribution < 1.29 is 5.21 Å². The fraction of sp³-hybridized carbons (Fsp3) is 0.625. The molecule has 15 heavy (non-hydrogen) atoms. The van der Waals surface area contributed by atoms with Crippen molar-refractivity contribution in [1.82, 2.24) is 20.1 Å². The van der Waals surface area contributed by atoms with Crippen LogP contribution in [0, 0.1) is 5.92 Å². The fourth-order valence-electron chi connectivity index (χ4n) is 1.07. The average Bonchev–Trinajstić information content (AvgIpc) is 2.63. The Balaban J connectivity index is 2.31. The Kier molecular flexibility index (Phi) is 4.04. The van der Waals surface area contributed by atoms with Crippen molar-refractivity contribution in [2.75, 3.05) is 6.54 Å². The molecule has 0 aliphatic carbocycles. The van der Waals surface area contributed by atoms with Gasteiger partial charge in [0.25, 0.3) is 0 Å². The maximum Gasteiger partial charge on any atom is 0.146 e. The second-order valence-electron chi connectivity index (χ2n) is 3.41. The van der Waals surface area contributed by atoms with Gasteiger partial charge in [0.2, 0.25) is 0 Å². The van der Waals surface area contributed by atoms with Gasteiger partial charge in [-0.2, -0.15) is 0 Å². The lowest BCUT2D eigenvalue weighted by molar-refractivity contribution is 0.314. The van der Waals surface area contributed by atoms with Crippen molar-refractivity contribution in [2.45, 2.75) is 13.5 Å². The van der Waals surface area contributed by atoms with Crippen LogP contribution in [0.1, 0.15) is 12.7 Å². The van der Waals surface area contributed by atoms with E-state index in [1.165, 1.54) is 0 Å². The summed E-state index contributed by atoms with van der Waals surface area (Å²) in [5, 5.41) is 22.2. The molecule has 1 heterocycles. The summed E-state index contributed by atoms with van der Waals surface area (Å²) in [7, 11) is 1.88. The summed E-state index contributed by atoms with van der Waals surface area (Å²) in [6.45, 7) is 3.11. The van der Waals surface area contributed by atoms with E-state index in [-0.39, 0.29) is 11.8 Å². The highest BCUT2D eigenvalue weighted by Gasteiger charge is 2.07. The van der Waals surface area contributed by atoms with Gasteiger partial charge in [-0.15, -0.1) is 10.2 Å². The molecule has 4 N–H and O–H groups in total. The molecule has 1 aromatic rings. The Morgan fingerprint density at radius 1 is 1.80 bits per heavy atom. The predicted octanol–water partition coefficient (Wildman–Crippen LogP) is -0.713. The van der Waals surface area contributed by atoms with Crippen molar-refractivity contribution in [1.29, 1.82) is 0 Å². The quantitative estimate of drug-likeness (QED) is 0.259. The Morgan fingerprint density at radius 2 is 2.53 bits per heavy atom. The third kappa shape index (κ3) is 3.21. The van der Waals surface area contributed by atoms with Crippen LogP contribution in [-0.2, 0) is 13.6 Å². The van der Waals surface area contributed by atoms with Crippen LogP contribution in [0.4, 0.5) is 0 Å². The van der Waals surface area contributed by atoms with Crippen LogP contribution in [0.3, 0.4) is 0 Å². The second kappa shape index (κ2) is 5.30. The number of nitrogens with two attached hydrogens (primary N) is 1. The second-order valence-corrected chi connectivity index (χ2v) is 3.41. The molecule has 0 spiro atoms. The van der Waals surface area contributed by atoms with Gasteiger partial charge < -0.3 is 20.8 Å². The summed E-state index contributed by atoms with van der Waals surface area (Å²) in [5.41, 5.74) is 5.43. The predicted molar refractivity (Wildman–Crippen MR) is 55.3 cm³/mol. The minimum absolute atomic E-state index is 0.0109. The average molecular weight is 212 g/mol. The maximum atomic E-state index is 8.44. The molecule has 84 valence electrons. The molecule has 0 amide bonds. The summed E-state index contributed by atoms with van der Waals surface area (Å²) in [4.78, 5) is 0. The summed E-state index contributed by atoms with van der Waals surface area (Å²) in [6, 6.07) is 0.